The second kappa shape index (κ2) is 7.95. The van der Waals surface area contributed by atoms with Gasteiger partial charge in [-0.1, -0.05) is 32.0 Å². The van der Waals surface area contributed by atoms with Crippen LogP contribution in [-0.2, 0) is 11.2 Å². The van der Waals surface area contributed by atoms with Gasteiger partial charge in [-0.05, 0) is 38.8 Å². The highest BCUT2D eigenvalue weighted by Crippen LogP contribution is 2.19. The topological polar surface area (TPSA) is 38.1 Å². The van der Waals surface area contributed by atoms with Crippen molar-refractivity contribution in [3.63, 3.8) is 0 Å². The summed E-state index contributed by atoms with van der Waals surface area (Å²) in [6.07, 6.45) is 2.42. The van der Waals surface area contributed by atoms with Crippen LogP contribution in [0, 0.1) is 13.8 Å². The summed E-state index contributed by atoms with van der Waals surface area (Å²) in [6, 6.07) is 10.1. The zero-order chi connectivity index (χ0) is 16.8. The summed E-state index contributed by atoms with van der Waals surface area (Å²) in [4.78, 5) is 14.6. The van der Waals surface area contributed by atoms with E-state index >= 15 is 0 Å². The molecule has 1 aromatic heterocycles. The molecule has 0 unspecified atom stereocenters. The molecule has 0 aliphatic carbocycles. The van der Waals surface area contributed by atoms with Gasteiger partial charge in [-0.25, -0.2) is 4.68 Å². The predicted octanol–water partition coefficient (Wildman–Crippen LogP) is 3.68. The summed E-state index contributed by atoms with van der Waals surface area (Å²) in [7, 11) is 0. The Hall–Kier alpha value is -2.10. The minimum atomic E-state index is 0.201. The lowest BCUT2D eigenvalue weighted by atomic mass is 10.1. The molecule has 0 aliphatic heterocycles. The van der Waals surface area contributed by atoms with E-state index in [-0.39, 0.29) is 5.91 Å². The highest BCUT2D eigenvalue weighted by Gasteiger charge is 2.19. The molecular formula is C19H27N3O. The smallest absolute Gasteiger partial charge is 0.227 e. The number of amides is 1. The van der Waals surface area contributed by atoms with E-state index in [1.807, 2.05) is 53.8 Å². The van der Waals surface area contributed by atoms with Crippen LogP contribution in [0.3, 0.4) is 0 Å². The van der Waals surface area contributed by atoms with Crippen molar-refractivity contribution in [1.29, 1.82) is 0 Å². The van der Waals surface area contributed by atoms with Gasteiger partial charge in [0, 0.05) is 24.3 Å². The Bertz CT molecular complexity index is 640. The number of aryl methyl sites for hydroxylation is 1. The van der Waals surface area contributed by atoms with Gasteiger partial charge in [-0.3, -0.25) is 4.79 Å². The molecule has 0 fully saturated rings. The Kier molecular flexibility index (Phi) is 5.97. The lowest BCUT2D eigenvalue weighted by Crippen LogP contribution is -2.33. The highest BCUT2D eigenvalue weighted by atomic mass is 16.2. The molecule has 0 saturated carbocycles. The molecule has 4 heteroatoms. The fourth-order valence-electron chi connectivity index (χ4n) is 2.92. The Morgan fingerprint density at radius 3 is 2.26 bits per heavy atom. The number of carbonyl (C=O) groups excluding carboxylic acids is 1. The van der Waals surface area contributed by atoms with Crippen LogP contribution in [0.15, 0.2) is 30.3 Å². The molecule has 1 amide bonds. The van der Waals surface area contributed by atoms with Gasteiger partial charge in [0.15, 0.2) is 0 Å². The second-order valence-corrected chi connectivity index (χ2v) is 5.95. The molecule has 0 spiro atoms. The summed E-state index contributed by atoms with van der Waals surface area (Å²) in [6.45, 7) is 9.91. The van der Waals surface area contributed by atoms with Crippen molar-refractivity contribution in [2.75, 3.05) is 13.1 Å². The first-order chi connectivity index (χ1) is 11.1. The third kappa shape index (κ3) is 4.01. The molecule has 1 heterocycles. The summed E-state index contributed by atoms with van der Waals surface area (Å²) in [5, 5.41) is 4.63. The quantitative estimate of drug-likeness (QED) is 0.782. The lowest BCUT2D eigenvalue weighted by Gasteiger charge is -2.21. The van der Waals surface area contributed by atoms with E-state index in [1.54, 1.807) is 0 Å². The number of benzene rings is 1. The van der Waals surface area contributed by atoms with Crippen LogP contribution in [0.5, 0.6) is 0 Å². The summed E-state index contributed by atoms with van der Waals surface area (Å²) in [5.41, 5.74) is 4.07. The molecule has 0 saturated heterocycles. The molecule has 2 aromatic rings. The molecule has 0 radical (unpaired) electrons. The molecule has 4 nitrogen and oxygen atoms in total. The van der Waals surface area contributed by atoms with Crippen molar-refractivity contribution in [1.82, 2.24) is 14.7 Å². The number of aromatic nitrogens is 2. The van der Waals surface area contributed by atoms with Crippen molar-refractivity contribution in [2.45, 2.75) is 47.0 Å². The number of rotatable bonds is 7. The second-order valence-electron chi connectivity index (χ2n) is 5.95. The third-order valence-corrected chi connectivity index (χ3v) is 4.11. The van der Waals surface area contributed by atoms with Gasteiger partial charge in [0.25, 0.3) is 0 Å². The van der Waals surface area contributed by atoms with Crippen LogP contribution in [-0.4, -0.2) is 33.7 Å². The minimum Gasteiger partial charge on any atom is -0.342 e. The Morgan fingerprint density at radius 1 is 1.09 bits per heavy atom. The molecule has 23 heavy (non-hydrogen) atoms. The van der Waals surface area contributed by atoms with E-state index in [2.05, 4.69) is 18.9 Å². The van der Waals surface area contributed by atoms with Gasteiger partial charge in [-0.2, -0.15) is 5.10 Å². The first kappa shape index (κ1) is 17.3. The molecule has 0 aliphatic rings. The fourth-order valence-corrected chi connectivity index (χ4v) is 2.92. The van der Waals surface area contributed by atoms with E-state index in [9.17, 15) is 4.79 Å². The van der Waals surface area contributed by atoms with Gasteiger partial charge in [-0.15, -0.1) is 0 Å². The van der Waals surface area contributed by atoms with Crippen LogP contribution < -0.4 is 0 Å². The van der Waals surface area contributed by atoms with Gasteiger partial charge in [0.2, 0.25) is 5.91 Å². The van der Waals surface area contributed by atoms with E-state index in [0.29, 0.717) is 6.42 Å². The van der Waals surface area contributed by atoms with Crippen LogP contribution in [0.1, 0.15) is 43.6 Å². The normalized spacial score (nSPS) is 10.8. The van der Waals surface area contributed by atoms with E-state index in [0.717, 1.165) is 48.6 Å². The van der Waals surface area contributed by atoms with Crippen molar-refractivity contribution in [2.24, 2.45) is 0 Å². The van der Waals surface area contributed by atoms with Gasteiger partial charge in [0.05, 0.1) is 17.8 Å². The molecule has 0 bridgehead atoms. The Labute approximate surface area is 139 Å². The number of hydrogen-bond donors (Lipinski definition) is 0. The van der Waals surface area contributed by atoms with Crippen molar-refractivity contribution >= 4 is 5.91 Å². The molecular weight excluding hydrogens is 286 g/mol. The number of nitrogens with zero attached hydrogens (tertiary/aromatic N) is 3. The molecule has 0 N–H and O–H groups in total. The summed E-state index contributed by atoms with van der Waals surface area (Å²) >= 11 is 0. The number of hydrogen-bond acceptors (Lipinski definition) is 2. The Balaban J connectivity index is 2.24. The van der Waals surface area contributed by atoms with Gasteiger partial charge in [0.1, 0.15) is 0 Å². The average molecular weight is 313 g/mol. The average Bonchev–Trinajstić information content (AvgIpc) is 2.83. The first-order valence-electron chi connectivity index (χ1n) is 8.46. The number of carbonyl (C=O) groups is 1. The molecule has 2 rings (SSSR count). The Morgan fingerprint density at radius 2 is 1.70 bits per heavy atom. The van der Waals surface area contributed by atoms with E-state index in [1.165, 1.54) is 0 Å². The standard InChI is InChI=1S/C19H27N3O/c1-5-12-21(13-6-2)19(23)14-18-15(3)20-22(16(18)4)17-10-8-7-9-11-17/h7-11H,5-6,12-14H2,1-4H3. The fraction of sp³-hybridized carbons (Fsp3) is 0.474. The zero-order valence-electron chi connectivity index (χ0n) is 14.7. The maximum atomic E-state index is 12.6. The van der Waals surface area contributed by atoms with Crippen LogP contribution in [0.4, 0.5) is 0 Å². The summed E-state index contributed by atoms with van der Waals surface area (Å²) < 4.78 is 1.93. The van der Waals surface area contributed by atoms with Gasteiger partial charge >= 0.3 is 0 Å². The largest absolute Gasteiger partial charge is 0.342 e. The van der Waals surface area contributed by atoms with Crippen molar-refractivity contribution < 1.29 is 4.79 Å². The molecule has 1 aromatic carbocycles. The van der Waals surface area contributed by atoms with Gasteiger partial charge < -0.3 is 4.90 Å². The minimum absolute atomic E-state index is 0.201. The van der Waals surface area contributed by atoms with Crippen molar-refractivity contribution in [3.05, 3.63) is 47.3 Å². The third-order valence-electron chi connectivity index (χ3n) is 4.11. The van der Waals surface area contributed by atoms with Crippen LogP contribution in [0.25, 0.3) is 5.69 Å². The highest BCUT2D eigenvalue weighted by molar-refractivity contribution is 5.79. The maximum Gasteiger partial charge on any atom is 0.227 e. The predicted molar refractivity (Wildman–Crippen MR) is 93.9 cm³/mol. The van der Waals surface area contributed by atoms with Crippen LogP contribution in [0.2, 0.25) is 0 Å². The monoisotopic (exact) mass is 313 g/mol. The molecule has 0 atom stereocenters. The van der Waals surface area contributed by atoms with E-state index in [4.69, 9.17) is 0 Å². The number of para-hydroxylation sites is 1. The van der Waals surface area contributed by atoms with E-state index < -0.39 is 0 Å². The lowest BCUT2D eigenvalue weighted by molar-refractivity contribution is -0.130. The zero-order valence-corrected chi connectivity index (χ0v) is 14.7. The van der Waals surface area contributed by atoms with Crippen LogP contribution >= 0.6 is 0 Å². The first-order valence-corrected chi connectivity index (χ1v) is 8.46. The summed E-state index contributed by atoms with van der Waals surface area (Å²) in [5.74, 6) is 0.201. The molecule has 124 valence electrons. The maximum absolute atomic E-state index is 12.6. The SMILES string of the molecule is CCCN(CCC)C(=O)Cc1c(C)nn(-c2ccccc2)c1C. The van der Waals surface area contributed by atoms with Crippen molar-refractivity contribution in [3.8, 4) is 5.69 Å².